The minimum atomic E-state index is -0.0767. The number of rotatable bonds is 6. The van der Waals surface area contributed by atoms with Crippen LogP contribution >= 0.6 is 11.8 Å². The summed E-state index contributed by atoms with van der Waals surface area (Å²) in [5, 5.41) is 2.81. The van der Waals surface area contributed by atoms with Crippen LogP contribution in [0.4, 0.5) is 5.69 Å². The van der Waals surface area contributed by atoms with Crippen LogP contribution in [0.15, 0.2) is 59.5 Å². The van der Waals surface area contributed by atoms with Gasteiger partial charge in [0.25, 0.3) is 0 Å². The highest BCUT2D eigenvalue weighted by molar-refractivity contribution is 7.99. The number of benzene rings is 2. The van der Waals surface area contributed by atoms with Gasteiger partial charge < -0.3 is 5.32 Å². The second-order valence-corrected chi connectivity index (χ2v) is 5.73. The highest BCUT2D eigenvalue weighted by Crippen LogP contribution is 2.19. The summed E-state index contributed by atoms with van der Waals surface area (Å²) in [5.41, 5.74) is 1.13. The van der Waals surface area contributed by atoms with Gasteiger partial charge in [-0.3, -0.25) is 9.59 Å². The maximum Gasteiger partial charge on any atom is 0.225 e. The van der Waals surface area contributed by atoms with Gasteiger partial charge in [0, 0.05) is 22.6 Å². The zero-order valence-corrected chi connectivity index (χ0v) is 12.7. The van der Waals surface area contributed by atoms with Crippen molar-refractivity contribution in [1.82, 2.24) is 0 Å². The van der Waals surface area contributed by atoms with E-state index in [1.54, 1.807) is 36.0 Å². The topological polar surface area (TPSA) is 46.2 Å². The Kier molecular flexibility index (Phi) is 5.58. The number of Topliss-reactive ketones (excluding diaryl/α,β-unsaturated/α-hetero) is 1. The summed E-state index contributed by atoms with van der Waals surface area (Å²) >= 11 is 1.64. The van der Waals surface area contributed by atoms with Crippen molar-refractivity contribution in [2.75, 3.05) is 11.1 Å². The minimum Gasteiger partial charge on any atom is -0.325 e. The van der Waals surface area contributed by atoms with Crippen molar-refractivity contribution >= 4 is 29.1 Å². The van der Waals surface area contributed by atoms with E-state index >= 15 is 0 Å². The Morgan fingerprint density at radius 1 is 1.00 bits per heavy atom. The first-order valence-electron chi connectivity index (χ1n) is 6.74. The molecule has 1 amide bonds. The molecule has 2 aromatic rings. The summed E-state index contributed by atoms with van der Waals surface area (Å²) in [7, 11) is 0. The molecule has 0 heterocycles. The Balaban J connectivity index is 1.86. The van der Waals surface area contributed by atoms with E-state index in [4.69, 9.17) is 0 Å². The Bertz CT molecular complexity index is 626. The molecule has 0 saturated heterocycles. The fraction of sp³-hybridized carbons (Fsp3) is 0.176. The third-order valence-corrected chi connectivity index (χ3v) is 3.94. The van der Waals surface area contributed by atoms with Crippen LogP contribution in [0.3, 0.4) is 0 Å². The lowest BCUT2D eigenvalue weighted by Crippen LogP contribution is -2.14. The molecule has 2 rings (SSSR count). The predicted molar refractivity (Wildman–Crippen MR) is 86.9 cm³/mol. The summed E-state index contributed by atoms with van der Waals surface area (Å²) < 4.78 is 0. The van der Waals surface area contributed by atoms with Crippen LogP contribution < -0.4 is 5.32 Å². The van der Waals surface area contributed by atoms with E-state index in [1.165, 1.54) is 6.92 Å². The van der Waals surface area contributed by atoms with Gasteiger partial charge in [-0.2, -0.15) is 0 Å². The van der Waals surface area contributed by atoms with E-state index in [0.717, 1.165) is 4.90 Å². The number of anilines is 1. The normalized spacial score (nSPS) is 10.1. The molecule has 4 heteroatoms. The van der Waals surface area contributed by atoms with Crippen LogP contribution in [0, 0.1) is 0 Å². The Labute approximate surface area is 128 Å². The fourth-order valence-electron chi connectivity index (χ4n) is 1.89. The summed E-state index contributed by atoms with van der Waals surface area (Å²) in [5.74, 6) is 0.578. The molecule has 108 valence electrons. The van der Waals surface area contributed by atoms with Gasteiger partial charge >= 0.3 is 0 Å². The highest BCUT2D eigenvalue weighted by atomic mass is 32.2. The van der Waals surface area contributed by atoms with Crippen LogP contribution in [0.2, 0.25) is 0 Å². The van der Waals surface area contributed by atoms with Crippen LogP contribution in [0.25, 0.3) is 0 Å². The van der Waals surface area contributed by atoms with Gasteiger partial charge in [0.1, 0.15) is 0 Å². The number of carbonyl (C=O) groups is 2. The number of hydrogen-bond acceptors (Lipinski definition) is 3. The lowest BCUT2D eigenvalue weighted by Gasteiger charge is -2.08. The van der Waals surface area contributed by atoms with Gasteiger partial charge in [0.15, 0.2) is 5.78 Å². The molecule has 0 radical (unpaired) electrons. The minimum absolute atomic E-state index is 0.0513. The van der Waals surface area contributed by atoms with Gasteiger partial charge in [-0.05, 0) is 31.2 Å². The van der Waals surface area contributed by atoms with E-state index in [2.05, 4.69) is 5.32 Å². The predicted octanol–water partition coefficient (Wildman–Crippen LogP) is 4.01. The second kappa shape index (κ2) is 7.64. The summed E-state index contributed by atoms with van der Waals surface area (Å²) in [6.45, 7) is 1.50. The first-order chi connectivity index (χ1) is 10.2. The average Bonchev–Trinajstić information content (AvgIpc) is 2.48. The smallest absolute Gasteiger partial charge is 0.225 e. The first kappa shape index (κ1) is 15.3. The third kappa shape index (κ3) is 4.76. The number of hydrogen-bond donors (Lipinski definition) is 1. The van der Waals surface area contributed by atoms with E-state index in [-0.39, 0.29) is 11.7 Å². The van der Waals surface area contributed by atoms with Crippen molar-refractivity contribution in [2.45, 2.75) is 18.2 Å². The lowest BCUT2D eigenvalue weighted by molar-refractivity contribution is -0.115. The van der Waals surface area contributed by atoms with E-state index in [9.17, 15) is 9.59 Å². The molecule has 0 saturated carbocycles. The van der Waals surface area contributed by atoms with Gasteiger partial charge in [0.2, 0.25) is 5.91 Å². The zero-order chi connectivity index (χ0) is 15.1. The molecule has 0 fully saturated rings. The maximum atomic E-state index is 11.9. The van der Waals surface area contributed by atoms with Crippen molar-refractivity contribution in [3.8, 4) is 0 Å². The van der Waals surface area contributed by atoms with E-state index in [0.29, 0.717) is 23.4 Å². The first-order valence-corrected chi connectivity index (χ1v) is 7.73. The molecule has 0 aromatic heterocycles. The number of para-hydroxylation sites is 1. The van der Waals surface area contributed by atoms with Crippen molar-refractivity contribution in [3.63, 3.8) is 0 Å². The second-order valence-electron chi connectivity index (χ2n) is 4.56. The van der Waals surface area contributed by atoms with Crippen LogP contribution in [-0.2, 0) is 4.79 Å². The average molecular weight is 299 g/mol. The van der Waals surface area contributed by atoms with Crippen molar-refractivity contribution in [2.24, 2.45) is 0 Å². The van der Waals surface area contributed by atoms with Crippen molar-refractivity contribution in [3.05, 3.63) is 60.2 Å². The van der Waals surface area contributed by atoms with Gasteiger partial charge in [-0.25, -0.2) is 0 Å². The van der Waals surface area contributed by atoms with Crippen LogP contribution in [0.1, 0.15) is 23.7 Å². The molecular weight excluding hydrogens is 282 g/mol. The lowest BCUT2D eigenvalue weighted by atomic mass is 10.1. The number of nitrogens with one attached hydrogen (secondary N) is 1. The van der Waals surface area contributed by atoms with Gasteiger partial charge in [0.05, 0.1) is 5.69 Å². The van der Waals surface area contributed by atoms with Gasteiger partial charge in [-0.15, -0.1) is 11.8 Å². The molecule has 2 aromatic carbocycles. The number of thioether (sulfide) groups is 1. The summed E-state index contributed by atoms with van der Waals surface area (Å²) in [6, 6.07) is 17.0. The molecular formula is C17H17NO2S. The highest BCUT2D eigenvalue weighted by Gasteiger charge is 2.09. The third-order valence-electron chi connectivity index (χ3n) is 2.92. The van der Waals surface area contributed by atoms with Crippen molar-refractivity contribution in [1.29, 1.82) is 0 Å². The van der Waals surface area contributed by atoms with Crippen LogP contribution in [0.5, 0.6) is 0 Å². The Hall–Kier alpha value is -2.07. The number of carbonyl (C=O) groups excluding carboxylic acids is 2. The molecule has 0 aliphatic heterocycles. The standard InChI is InChI=1S/C17H17NO2S/c1-13(19)15-9-5-6-10-16(15)18-17(20)11-12-21-14-7-3-2-4-8-14/h2-10H,11-12H2,1H3,(H,18,20). The number of ketones is 1. The molecule has 0 bridgehead atoms. The van der Waals surface area contributed by atoms with E-state index in [1.807, 2.05) is 30.3 Å². The van der Waals surface area contributed by atoms with E-state index < -0.39 is 0 Å². The Morgan fingerprint density at radius 2 is 1.67 bits per heavy atom. The molecule has 0 spiro atoms. The monoisotopic (exact) mass is 299 g/mol. The fourth-order valence-corrected chi connectivity index (χ4v) is 2.76. The summed E-state index contributed by atoms with van der Waals surface area (Å²) in [4.78, 5) is 24.6. The summed E-state index contributed by atoms with van der Waals surface area (Å²) in [6.07, 6.45) is 0.409. The number of amides is 1. The molecule has 0 aliphatic rings. The SMILES string of the molecule is CC(=O)c1ccccc1NC(=O)CCSc1ccccc1. The molecule has 3 nitrogen and oxygen atoms in total. The quantitative estimate of drug-likeness (QED) is 0.647. The molecule has 21 heavy (non-hydrogen) atoms. The molecule has 0 unspecified atom stereocenters. The Morgan fingerprint density at radius 3 is 2.38 bits per heavy atom. The molecule has 0 aliphatic carbocycles. The molecule has 0 atom stereocenters. The maximum absolute atomic E-state index is 11.9. The zero-order valence-electron chi connectivity index (χ0n) is 11.8. The van der Waals surface area contributed by atoms with Crippen molar-refractivity contribution < 1.29 is 9.59 Å². The molecule has 1 N–H and O–H groups in total. The van der Waals surface area contributed by atoms with Gasteiger partial charge in [-0.1, -0.05) is 30.3 Å². The van der Waals surface area contributed by atoms with Crippen LogP contribution in [-0.4, -0.2) is 17.4 Å². The largest absolute Gasteiger partial charge is 0.325 e.